The highest BCUT2D eigenvalue weighted by Crippen LogP contribution is 2.29. The molecule has 0 aliphatic heterocycles. The predicted molar refractivity (Wildman–Crippen MR) is 77.9 cm³/mol. The molecular weight excluding hydrogens is 312 g/mol. The smallest absolute Gasteiger partial charge is 0.138 e. The van der Waals surface area contributed by atoms with E-state index < -0.39 is 0 Å². The van der Waals surface area contributed by atoms with Gasteiger partial charge in [-0.15, -0.1) is 11.3 Å². The lowest BCUT2D eigenvalue weighted by Crippen LogP contribution is -2.20. The highest BCUT2D eigenvalue weighted by atomic mass is 79.9. The lowest BCUT2D eigenvalue weighted by Gasteiger charge is -2.16. The quantitative estimate of drug-likeness (QED) is 0.916. The molecule has 0 aliphatic rings. The first kappa shape index (κ1) is 13.7. The zero-order valence-electron chi connectivity index (χ0n) is 10.7. The summed E-state index contributed by atoms with van der Waals surface area (Å²) >= 11 is 5.26. The minimum Gasteiger partial charge on any atom is -0.312 e. The lowest BCUT2D eigenvalue weighted by molar-refractivity contribution is 0.480. The summed E-state index contributed by atoms with van der Waals surface area (Å²) in [5, 5.41) is 7.62. The number of aromatic nitrogens is 3. The zero-order chi connectivity index (χ0) is 13.1. The molecule has 0 fully saturated rings. The van der Waals surface area contributed by atoms with Crippen LogP contribution < -0.4 is 5.32 Å². The monoisotopic (exact) mass is 328 g/mol. The number of likely N-dealkylation sites (N-methyl/N-ethyl adjacent to an activating group) is 1. The molecule has 2 rings (SSSR count). The SMILES string of the molecule is CNC(Cc1ncnn1C(C)C)c1ccc(Br)s1. The molecule has 1 unspecified atom stereocenters. The van der Waals surface area contributed by atoms with Gasteiger partial charge in [0.05, 0.1) is 3.79 Å². The standard InChI is InChI=1S/C12H17BrN4S/c1-8(2)17-12(15-7-16-17)6-9(14-3)10-4-5-11(13)18-10/h4-5,7-9,14H,6H2,1-3H3. The van der Waals surface area contributed by atoms with Crippen LogP contribution in [0.1, 0.15) is 36.6 Å². The van der Waals surface area contributed by atoms with Crippen LogP contribution in [0.4, 0.5) is 0 Å². The molecule has 6 heteroatoms. The Hall–Kier alpha value is -0.720. The van der Waals surface area contributed by atoms with Crippen LogP contribution in [0, 0.1) is 0 Å². The third-order valence-corrected chi connectivity index (χ3v) is 4.55. The van der Waals surface area contributed by atoms with Crippen LogP contribution in [0.3, 0.4) is 0 Å². The first-order valence-electron chi connectivity index (χ1n) is 5.92. The molecule has 0 bridgehead atoms. The Kier molecular flexibility index (Phi) is 4.53. The van der Waals surface area contributed by atoms with Gasteiger partial charge in [0.1, 0.15) is 12.2 Å². The highest BCUT2D eigenvalue weighted by molar-refractivity contribution is 9.11. The maximum Gasteiger partial charge on any atom is 0.138 e. The fourth-order valence-corrected chi connectivity index (χ4v) is 3.43. The molecule has 0 radical (unpaired) electrons. The van der Waals surface area contributed by atoms with Gasteiger partial charge in [0.15, 0.2) is 0 Å². The average molecular weight is 329 g/mol. The van der Waals surface area contributed by atoms with Crippen LogP contribution in [0.25, 0.3) is 0 Å². The van der Waals surface area contributed by atoms with Crippen molar-refractivity contribution in [2.75, 3.05) is 7.05 Å². The van der Waals surface area contributed by atoms with Crippen LogP contribution in [-0.4, -0.2) is 21.8 Å². The lowest BCUT2D eigenvalue weighted by atomic mass is 10.1. The minimum atomic E-state index is 0.281. The summed E-state index contributed by atoms with van der Waals surface area (Å²) < 4.78 is 3.13. The molecule has 18 heavy (non-hydrogen) atoms. The topological polar surface area (TPSA) is 42.7 Å². The van der Waals surface area contributed by atoms with Crippen molar-refractivity contribution in [3.05, 3.63) is 32.9 Å². The fraction of sp³-hybridized carbons (Fsp3) is 0.500. The number of halogens is 1. The molecule has 0 saturated heterocycles. The first-order valence-corrected chi connectivity index (χ1v) is 7.53. The van der Waals surface area contributed by atoms with E-state index in [1.165, 1.54) is 4.88 Å². The second-order valence-corrected chi connectivity index (χ2v) is 6.90. The zero-order valence-corrected chi connectivity index (χ0v) is 13.1. The Morgan fingerprint density at radius 3 is 2.78 bits per heavy atom. The normalized spacial score (nSPS) is 13.2. The van der Waals surface area contributed by atoms with E-state index in [0.29, 0.717) is 6.04 Å². The van der Waals surface area contributed by atoms with Gasteiger partial charge < -0.3 is 5.32 Å². The predicted octanol–water partition coefficient (Wildman–Crippen LogP) is 3.19. The molecule has 0 aliphatic carbocycles. The number of nitrogens with one attached hydrogen (secondary N) is 1. The van der Waals surface area contributed by atoms with E-state index in [-0.39, 0.29) is 6.04 Å². The number of hydrogen-bond acceptors (Lipinski definition) is 4. The molecule has 2 aromatic heterocycles. The van der Waals surface area contributed by atoms with Crippen molar-refractivity contribution in [1.82, 2.24) is 20.1 Å². The Labute approximate surface area is 120 Å². The molecule has 2 aromatic rings. The minimum absolute atomic E-state index is 0.281. The van der Waals surface area contributed by atoms with Gasteiger partial charge >= 0.3 is 0 Å². The van der Waals surface area contributed by atoms with Crippen molar-refractivity contribution in [2.45, 2.75) is 32.4 Å². The van der Waals surface area contributed by atoms with Crippen LogP contribution in [0.5, 0.6) is 0 Å². The largest absolute Gasteiger partial charge is 0.312 e. The third-order valence-electron chi connectivity index (χ3n) is 2.81. The molecule has 0 saturated carbocycles. The molecule has 0 aromatic carbocycles. The van der Waals surface area contributed by atoms with Gasteiger partial charge in [-0.05, 0) is 49.0 Å². The van der Waals surface area contributed by atoms with E-state index in [9.17, 15) is 0 Å². The Morgan fingerprint density at radius 2 is 2.22 bits per heavy atom. The summed E-state index contributed by atoms with van der Waals surface area (Å²) in [6.45, 7) is 4.24. The van der Waals surface area contributed by atoms with E-state index in [2.05, 4.69) is 57.3 Å². The molecule has 98 valence electrons. The second-order valence-electron chi connectivity index (χ2n) is 4.40. The molecule has 0 amide bonds. The third kappa shape index (κ3) is 2.99. The maximum atomic E-state index is 4.36. The maximum absolute atomic E-state index is 4.36. The number of thiophene rings is 1. The molecule has 1 N–H and O–H groups in total. The number of hydrogen-bond donors (Lipinski definition) is 1. The van der Waals surface area contributed by atoms with E-state index in [1.54, 1.807) is 17.7 Å². The summed E-state index contributed by atoms with van der Waals surface area (Å²) in [5.41, 5.74) is 0. The van der Waals surface area contributed by atoms with Gasteiger partial charge in [-0.1, -0.05) is 0 Å². The van der Waals surface area contributed by atoms with Crippen LogP contribution in [-0.2, 0) is 6.42 Å². The fourth-order valence-electron chi connectivity index (χ4n) is 1.89. The van der Waals surface area contributed by atoms with Crippen molar-refractivity contribution in [3.63, 3.8) is 0 Å². The van der Waals surface area contributed by atoms with Crippen molar-refractivity contribution < 1.29 is 0 Å². The Bertz CT molecular complexity index is 506. The van der Waals surface area contributed by atoms with E-state index in [0.717, 1.165) is 16.0 Å². The second kappa shape index (κ2) is 5.95. The Morgan fingerprint density at radius 1 is 1.44 bits per heavy atom. The first-order chi connectivity index (χ1) is 8.61. The van der Waals surface area contributed by atoms with Crippen LogP contribution in [0.15, 0.2) is 22.2 Å². The van der Waals surface area contributed by atoms with Crippen molar-refractivity contribution in [2.24, 2.45) is 0 Å². The van der Waals surface area contributed by atoms with E-state index >= 15 is 0 Å². The summed E-state index contributed by atoms with van der Waals surface area (Å²) in [6, 6.07) is 4.85. The summed E-state index contributed by atoms with van der Waals surface area (Å²) in [4.78, 5) is 5.67. The molecular formula is C12H17BrN4S. The van der Waals surface area contributed by atoms with Gasteiger partial charge in [-0.2, -0.15) is 5.10 Å². The molecule has 2 heterocycles. The van der Waals surface area contributed by atoms with Gasteiger partial charge in [-0.25, -0.2) is 9.67 Å². The summed E-state index contributed by atoms with van der Waals surface area (Å²) in [5.74, 6) is 1.02. The van der Waals surface area contributed by atoms with Crippen LogP contribution in [0.2, 0.25) is 0 Å². The van der Waals surface area contributed by atoms with Gasteiger partial charge in [0.2, 0.25) is 0 Å². The Balaban J connectivity index is 2.18. The molecule has 1 atom stereocenters. The number of rotatable bonds is 5. The van der Waals surface area contributed by atoms with Gasteiger partial charge in [0.25, 0.3) is 0 Å². The van der Waals surface area contributed by atoms with E-state index in [4.69, 9.17) is 0 Å². The van der Waals surface area contributed by atoms with Crippen molar-refractivity contribution in [3.8, 4) is 0 Å². The molecule has 4 nitrogen and oxygen atoms in total. The van der Waals surface area contributed by atoms with Gasteiger partial charge in [0, 0.05) is 23.4 Å². The number of nitrogens with zero attached hydrogens (tertiary/aromatic N) is 3. The highest BCUT2D eigenvalue weighted by Gasteiger charge is 2.16. The van der Waals surface area contributed by atoms with Crippen molar-refractivity contribution >= 4 is 27.3 Å². The van der Waals surface area contributed by atoms with Gasteiger partial charge in [-0.3, -0.25) is 0 Å². The molecule has 0 spiro atoms. The summed E-state index contributed by atoms with van der Waals surface area (Å²) in [6.07, 6.45) is 2.48. The summed E-state index contributed by atoms with van der Waals surface area (Å²) in [7, 11) is 1.98. The van der Waals surface area contributed by atoms with Crippen LogP contribution >= 0.6 is 27.3 Å². The van der Waals surface area contributed by atoms with E-state index in [1.807, 2.05) is 11.7 Å². The average Bonchev–Trinajstić information content (AvgIpc) is 2.94. The van der Waals surface area contributed by atoms with Crippen molar-refractivity contribution in [1.29, 1.82) is 0 Å².